The summed E-state index contributed by atoms with van der Waals surface area (Å²) in [6.07, 6.45) is 5.27. The van der Waals surface area contributed by atoms with Crippen molar-refractivity contribution in [2.24, 2.45) is 0 Å². The lowest BCUT2D eigenvalue weighted by atomic mass is 9.93. The van der Waals surface area contributed by atoms with Gasteiger partial charge in [0.2, 0.25) is 0 Å². The van der Waals surface area contributed by atoms with Crippen LogP contribution in [-0.2, 0) is 14.3 Å². The number of esters is 1. The Kier molecular flexibility index (Phi) is 7.60. The molecular weight excluding hydrogens is 382 g/mol. The molecule has 6 heteroatoms. The highest BCUT2D eigenvalue weighted by Crippen LogP contribution is 2.27. The highest BCUT2D eigenvalue weighted by Gasteiger charge is 2.27. The molecule has 2 aromatic carbocycles. The molecule has 1 fully saturated rings. The van der Waals surface area contributed by atoms with Gasteiger partial charge in [0.25, 0.3) is 5.91 Å². The van der Waals surface area contributed by atoms with Crippen molar-refractivity contribution in [1.29, 1.82) is 0 Å². The molecule has 158 valence electrons. The van der Waals surface area contributed by atoms with Gasteiger partial charge in [0.05, 0.1) is 0 Å². The van der Waals surface area contributed by atoms with Crippen LogP contribution in [0, 0.1) is 0 Å². The maximum absolute atomic E-state index is 12.9. The number of carbonyl (C=O) groups excluding carboxylic acids is 3. The van der Waals surface area contributed by atoms with Crippen molar-refractivity contribution < 1.29 is 23.9 Å². The van der Waals surface area contributed by atoms with Gasteiger partial charge in [0.15, 0.2) is 19.0 Å². The van der Waals surface area contributed by atoms with Crippen LogP contribution in [0.4, 0.5) is 5.69 Å². The SMILES string of the molecule is CC(=O)c1cccc(OCC(=O)OCC(=O)N(c2ccccc2)C2CCCCC2)c1. The number of Topliss-reactive ketones (excluding diaryl/α,β-unsaturated/α-hetero) is 1. The Morgan fingerprint density at radius 2 is 1.67 bits per heavy atom. The Morgan fingerprint density at radius 1 is 0.933 bits per heavy atom. The quantitative estimate of drug-likeness (QED) is 0.483. The summed E-state index contributed by atoms with van der Waals surface area (Å²) in [6, 6.07) is 16.2. The first kappa shape index (κ1) is 21.6. The summed E-state index contributed by atoms with van der Waals surface area (Å²) in [7, 11) is 0. The first-order valence-corrected chi connectivity index (χ1v) is 10.3. The molecule has 0 N–H and O–H groups in total. The molecular formula is C24H27NO5. The van der Waals surface area contributed by atoms with E-state index in [1.807, 2.05) is 30.3 Å². The minimum absolute atomic E-state index is 0.0858. The van der Waals surface area contributed by atoms with Crippen molar-refractivity contribution in [1.82, 2.24) is 0 Å². The highest BCUT2D eigenvalue weighted by molar-refractivity contribution is 5.96. The Labute approximate surface area is 176 Å². The maximum Gasteiger partial charge on any atom is 0.344 e. The van der Waals surface area contributed by atoms with E-state index in [0.29, 0.717) is 11.3 Å². The first-order chi connectivity index (χ1) is 14.5. The van der Waals surface area contributed by atoms with Gasteiger partial charge in [-0.25, -0.2) is 4.79 Å². The smallest absolute Gasteiger partial charge is 0.344 e. The molecule has 0 bridgehead atoms. The molecule has 3 rings (SSSR count). The molecule has 1 aliphatic rings. The molecule has 0 heterocycles. The molecule has 0 saturated heterocycles. The molecule has 2 aromatic rings. The largest absolute Gasteiger partial charge is 0.482 e. The van der Waals surface area contributed by atoms with E-state index in [2.05, 4.69) is 0 Å². The number of rotatable bonds is 8. The monoisotopic (exact) mass is 409 g/mol. The predicted molar refractivity (Wildman–Crippen MR) is 114 cm³/mol. The van der Waals surface area contributed by atoms with Crippen LogP contribution in [0.3, 0.4) is 0 Å². The summed E-state index contributed by atoms with van der Waals surface area (Å²) in [4.78, 5) is 38.2. The fraction of sp³-hybridized carbons (Fsp3) is 0.375. The van der Waals surface area contributed by atoms with Crippen LogP contribution in [0.1, 0.15) is 49.4 Å². The van der Waals surface area contributed by atoms with Crippen LogP contribution in [-0.4, -0.2) is 36.9 Å². The number of anilines is 1. The van der Waals surface area contributed by atoms with E-state index in [4.69, 9.17) is 9.47 Å². The molecule has 1 aliphatic carbocycles. The van der Waals surface area contributed by atoms with Gasteiger partial charge < -0.3 is 14.4 Å². The van der Waals surface area contributed by atoms with Gasteiger partial charge in [0, 0.05) is 17.3 Å². The van der Waals surface area contributed by atoms with E-state index >= 15 is 0 Å². The Balaban J connectivity index is 1.56. The van der Waals surface area contributed by atoms with Crippen LogP contribution in [0.5, 0.6) is 5.75 Å². The number of para-hydroxylation sites is 1. The van der Waals surface area contributed by atoms with Crippen molar-refractivity contribution in [2.45, 2.75) is 45.1 Å². The fourth-order valence-corrected chi connectivity index (χ4v) is 3.69. The molecule has 0 spiro atoms. The second-order valence-electron chi connectivity index (χ2n) is 7.42. The lowest BCUT2D eigenvalue weighted by Crippen LogP contribution is -2.44. The molecule has 0 aliphatic heterocycles. The van der Waals surface area contributed by atoms with E-state index in [0.717, 1.165) is 31.4 Å². The topological polar surface area (TPSA) is 72.9 Å². The first-order valence-electron chi connectivity index (χ1n) is 10.3. The fourth-order valence-electron chi connectivity index (χ4n) is 3.69. The van der Waals surface area contributed by atoms with Crippen molar-refractivity contribution in [2.75, 3.05) is 18.1 Å². The van der Waals surface area contributed by atoms with Crippen molar-refractivity contribution in [3.8, 4) is 5.75 Å². The molecule has 1 amide bonds. The number of hydrogen-bond donors (Lipinski definition) is 0. The summed E-state index contributed by atoms with van der Waals surface area (Å²) in [6.45, 7) is 0.800. The third kappa shape index (κ3) is 5.92. The van der Waals surface area contributed by atoms with Crippen LogP contribution in [0.15, 0.2) is 54.6 Å². The van der Waals surface area contributed by atoms with Crippen molar-refractivity contribution >= 4 is 23.3 Å². The van der Waals surface area contributed by atoms with Crippen molar-refractivity contribution in [3.63, 3.8) is 0 Å². The van der Waals surface area contributed by atoms with Gasteiger partial charge in [-0.05, 0) is 44.0 Å². The third-order valence-corrected chi connectivity index (χ3v) is 5.20. The average molecular weight is 409 g/mol. The molecule has 0 radical (unpaired) electrons. The molecule has 0 atom stereocenters. The second kappa shape index (κ2) is 10.6. The van der Waals surface area contributed by atoms with E-state index in [1.54, 1.807) is 29.2 Å². The van der Waals surface area contributed by atoms with Gasteiger partial charge in [-0.1, -0.05) is 49.6 Å². The maximum atomic E-state index is 12.9. The summed E-state index contributed by atoms with van der Waals surface area (Å²) in [5.74, 6) is -0.551. The normalized spacial score (nSPS) is 14.0. The standard InChI is InChI=1S/C24H27NO5/c1-18(26)19-9-8-14-22(15-19)29-17-24(28)30-16-23(27)25(20-10-4-2-5-11-20)21-12-6-3-7-13-21/h2,4-5,8-11,14-15,21H,3,6-7,12-13,16-17H2,1H3. The van der Waals surface area contributed by atoms with Gasteiger partial charge in [-0.3, -0.25) is 9.59 Å². The molecule has 0 unspecified atom stereocenters. The van der Waals surface area contributed by atoms with Crippen LogP contribution >= 0.6 is 0 Å². The number of ether oxygens (including phenoxy) is 2. The zero-order valence-corrected chi connectivity index (χ0v) is 17.2. The minimum Gasteiger partial charge on any atom is -0.482 e. The van der Waals surface area contributed by atoms with Gasteiger partial charge in [-0.2, -0.15) is 0 Å². The minimum atomic E-state index is -0.631. The average Bonchev–Trinajstić information content (AvgIpc) is 2.78. The Bertz CT molecular complexity index is 874. The highest BCUT2D eigenvalue weighted by atomic mass is 16.6. The van der Waals surface area contributed by atoms with Gasteiger partial charge >= 0.3 is 5.97 Å². The van der Waals surface area contributed by atoms with E-state index in [1.165, 1.54) is 13.3 Å². The molecule has 1 saturated carbocycles. The number of hydrogen-bond acceptors (Lipinski definition) is 5. The van der Waals surface area contributed by atoms with Crippen molar-refractivity contribution in [3.05, 3.63) is 60.2 Å². The number of nitrogens with zero attached hydrogens (tertiary/aromatic N) is 1. The van der Waals surface area contributed by atoms with E-state index in [-0.39, 0.29) is 30.9 Å². The predicted octanol–water partition coefficient (Wildman–Crippen LogP) is 4.18. The second-order valence-corrected chi connectivity index (χ2v) is 7.42. The summed E-state index contributed by atoms with van der Waals surface area (Å²) in [5.41, 5.74) is 1.32. The van der Waals surface area contributed by atoms with E-state index in [9.17, 15) is 14.4 Å². The molecule has 0 aromatic heterocycles. The lowest BCUT2D eigenvalue weighted by Gasteiger charge is -2.34. The molecule has 6 nitrogen and oxygen atoms in total. The molecule has 30 heavy (non-hydrogen) atoms. The summed E-state index contributed by atoms with van der Waals surface area (Å²) in [5, 5.41) is 0. The number of carbonyl (C=O) groups is 3. The van der Waals surface area contributed by atoms with Crippen LogP contribution in [0.25, 0.3) is 0 Å². The van der Waals surface area contributed by atoms with E-state index < -0.39 is 5.97 Å². The van der Waals surface area contributed by atoms with Crippen LogP contribution in [0.2, 0.25) is 0 Å². The van der Waals surface area contributed by atoms with Gasteiger partial charge in [0.1, 0.15) is 5.75 Å². The number of amides is 1. The zero-order chi connectivity index (χ0) is 21.3. The lowest BCUT2D eigenvalue weighted by molar-refractivity contribution is -0.149. The van der Waals surface area contributed by atoms with Gasteiger partial charge in [-0.15, -0.1) is 0 Å². The zero-order valence-electron chi connectivity index (χ0n) is 17.2. The number of ketones is 1. The van der Waals surface area contributed by atoms with Crippen LogP contribution < -0.4 is 9.64 Å². The Hall–Kier alpha value is -3.15. The summed E-state index contributed by atoms with van der Waals surface area (Å²) < 4.78 is 10.6. The number of benzene rings is 2. The Morgan fingerprint density at radius 3 is 2.37 bits per heavy atom. The summed E-state index contributed by atoms with van der Waals surface area (Å²) >= 11 is 0. The third-order valence-electron chi connectivity index (χ3n) is 5.20.